The van der Waals surface area contributed by atoms with Crippen LogP contribution in [-0.2, 0) is 0 Å². The van der Waals surface area contributed by atoms with E-state index in [0.717, 1.165) is 18.2 Å². The zero-order valence-corrected chi connectivity index (χ0v) is 8.69. The molecule has 0 atom stereocenters. The number of benzene rings is 1. The number of hydrogen-bond acceptors (Lipinski definition) is 3. The molecule has 82 valence electrons. The topological polar surface area (TPSA) is 37.3 Å². The van der Waals surface area contributed by atoms with Crippen LogP contribution in [0.25, 0.3) is 0 Å². The van der Waals surface area contributed by atoms with Crippen LogP contribution in [0, 0.1) is 11.6 Å². The van der Waals surface area contributed by atoms with E-state index in [1.807, 2.05) is 0 Å². The minimum atomic E-state index is -0.717. The Hall–Kier alpha value is -0.940. The summed E-state index contributed by atoms with van der Waals surface area (Å²) in [6, 6.07) is 2.78. The number of carbonyl (C=O) groups is 1. The number of rotatable bonds is 5. The monoisotopic (exact) mass is 232 g/mol. The summed E-state index contributed by atoms with van der Waals surface area (Å²) < 4.78 is 25.8. The lowest BCUT2D eigenvalue weighted by Crippen LogP contribution is -2.07. The van der Waals surface area contributed by atoms with Crippen LogP contribution in [0.1, 0.15) is 10.4 Å². The highest BCUT2D eigenvalue weighted by Gasteiger charge is 2.12. The average Bonchev–Trinajstić information content (AvgIpc) is 2.22. The summed E-state index contributed by atoms with van der Waals surface area (Å²) in [6.45, 7) is -0.0381. The van der Waals surface area contributed by atoms with Crippen molar-refractivity contribution in [3.8, 4) is 0 Å². The molecule has 0 aliphatic carbocycles. The van der Waals surface area contributed by atoms with E-state index in [9.17, 15) is 13.6 Å². The van der Waals surface area contributed by atoms with E-state index >= 15 is 0 Å². The van der Waals surface area contributed by atoms with Gasteiger partial charge in [0.1, 0.15) is 11.6 Å². The molecule has 0 saturated carbocycles. The van der Waals surface area contributed by atoms with Gasteiger partial charge in [-0.15, -0.1) is 0 Å². The minimum absolute atomic E-state index is 0.0381. The zero-order chi connectivity index (χ0) is 11.3. The minimum Gasteiger partial charge on any atom is -0.396 e. The maximum Gasteiger partial charge on any atom is 0.175 e. The van der Waals surface area contributed by atoms with Crippen LogP contribution < -0.4 is 0 Å². The molecule has 0 saturated heterocycles. The second-order valence-corrected chi connectivity index (χ2v) is 3.93. The number of aliphatic hydroxyl groups excluding tert-OH is 1. The van der Waals surface area contributed by atoms with Crippen molar-refractivity contribution in [2.75, 3.05) is 18.1 Å². The quantitative estimate of drug-likeness (QED) is 0.622. The fourth-order valence-corrected chi connectivity index (χ4v) is 1.63. The zero-order valence-electron chi connectivity index (χ0n) is 7.87. The molecule has 0 spiro atoms. The van der Waals surface area contributed by atoms with Crippen molar-refractivity contribution < 1.29 is 18.7 Å². The van der Waals surface area contributed by atoms with Gasteiger partial charge in [0.2, 0.25) is 0 Å². The molecule has 0 heterocycles. The van der Waals surface area contributed by atoms with Gasteiger partial charge >= 0.3 is 0 Å². The molecule has 0 fully saturated rings. The van der Waals surface area contributed by atoms with Crippen LogP contribution in [0.3, 0.4) is 0 Å². The highest BCUT2D eigenvalue weighted by molar-refractivity contribution is 8.00. The summed E-state index contributed by atoms with van der Waals surface area (Å²) in [5, 5.41) is 8.48. The lowest BCUT2D eigenvalue weighted by Gasteiger charge is -2.02. The number of Topliss-reactive ketones (excluding diaryl/α,β-unsaturated/α-hetero) is 1. The third-order valence-corrected chi connectivity index (χ3v) is 2.64. The number of carbonyl (C=O) groups excluding carboxylic acids is 1. The number of ketones is 1. The van der Waals surface area contributed by atoms with Gasteiger partial charge in [-0.3, -0.25) is 4.79 Å². The molecule has 0 radical (unpaired) electrons. The van der Waals surface area contributed by atoms with Gasteiger partial charge in [-0.2, -0.15) is 11.8 Å². The van der Waals surface area contributed by atoms with Gasteiger partial charge in [0, 0.05) is 5.75 Å². The Morgan fingerprint density at radius 1 is 1.40 bits per heavy atom. The lowest BCUT2D eigenvalue weighted by molar-refractivity contribution is 0.101. The number of halogens is 2. The number of aliphatic hydroxyl groups is 1. The third kappa shape index (κ3) is 3.60. The Kier molecular flexibility index (Phi) is 4.71. The van der Waals surface area contributed by atoms with Crippen LogP contribution >= 0.6 is 11.8 Å². The maximum absolute atomic E-state index is 13.1. The van der Waals surface area contributed by atoms with E-state index in [-0.39, 0.29) is 17.9 Å². The Bertz CT molecular complexity index is 355. The second-order valence-electron chi connectivity index (χ2n) is 2.82. The summed E-state index contributed by atoms with van der Waals surface area (Å²) >= 11 is 1.18. The van der Waals surface area contributed by atoms with Gasteiger partial charge in [0.15, 0.2) is 5.78 Å². The first kappa shape index (κ1) is 12.1. The molecular formula is C10H10F2O2S. The van der Waals surface area contributed by atoms with Crippen molar-refractivity contribution in [3.05, 3.63) is 35.4 Å². The predicted molar refractivity (Wildman–Crippen MR) is 55.1 cm³/mol. The fraction of sp³-hybridized carbons (Fsp3) is 0.300. The Balaban J connectivity index is 2.68. The van der Waals surface area contributed by atoms with Gasteiger partial charge in [-0.25, -0.2) is 8.78 Å². The van der Waals surface area contributed by atoms with Crippen molar-refractivity contribution in [3.63, 3.8) is 0 Å². The Morgan fingerprint density at radius 3 is 2.80 bits per heavy atom. The molecule has 5 heteroatoms. The molecule has 1 aromatic rings. The molecule has 1 rings (SSSR count). The highest BCUT2D eigenvalue weighted by Crippen LogP contribution is 2.13. The first-order chi connectivity index (χ1) is 7.15. The van der Waals surface area contributed by atoms with Crippen LogP contribution in [0.5, 0.6) is 0 Å². The molecule has 0 amide bonds. The van der Waals surface area contributed by atoms with Crippen LogP contribution in [-0.4, -0.2) is 29.0 Å². The molecular weight excluding hydrogens is 222 g/mol. The molecule has 1 aromatic carbocycles. The summed E-state index contributed by atoms with van der Waals surface area (Å²) in [4.78, 5) is 11.4. The Labute approximate surface area is 90.3 Å². The average molecular weight is 232 g/mol. The second kappa shape index (κ2) is 5.82. The van der Waals surface area contributed by atoms with Gasteiger partial charge in [-0.05, 0) is 18.2 Å². The molecule has 0 aliphatic heterocycles. The van der Waals surface area contributed by atoms with Gasteiger partial charge in [0.25, 0.3) is 0 Å². The first-order valence-electron chi connectivity index (χ1n) is 4.32. The largest absolute Gasteiger partial charge is 0.396 e. The number of hydrogen-bond donors (Lipinski definition) is 1. The summed E-state index contributed by atoms with van der Waals surface area (Å²) in [6.07, 6.45) is 0. The molecule has 15 heavy (non-hydrogen) atoms. The standard InChI is InChI=1S/C10H10F2O2S/c11-7-1-2-9(12)8(5-7)10(14)6-15-4-3-13/h1-2,5,13H,3-4,6H2. The molecule has 0 unspecified atom stereocenters. The lowest BCUT2D eigenvalue weighted by atomic mass is 10.1. The van der Waals surface area contributed by atoms with Gasteiger partial charge in [0.05, 0.1) is 17.9 Å². The predicted octanol–water partition coefficient (Wildman–Crippen LogP) is 1.87. The normalized spacial score (nSPS) is 10.3. The van der Waals surface area contributed by atoms with E-state index < -0.39 is 17.4 Å². The van der Waals surface area contributed by atoms with E-state index in [1.165, 1.54) is 11.8 Å². The first-order valence-corrected chi connectivity index (χ1v) is 5.47. The van der Waals surface area contributed by atoms with Gasteiger partial charge < -0.3 is 5.11 Å². The Morgan fingerprint density at radius 2 is 2.13 bits per heavy atom. The third-order valence-electron chi connectivity index (χ3n) is 1.70. The van der Waals surface area contributed by atoms with Crippen molar-refractivity contribution in [1.82, 2.24) is 0 Å². The summed E-state index contributed by atoms with van der Waals surface area (Å²) in [5.74, 6) is -1.37. The van der Waals surface area contributed by atoms with Crippen molar-refractivity contribution in [2.45, 2.75) is 0 Å². The SMILES string of the molecule is O=C(CSCCO)c1cc(F)ccc1F. The van der Waals surface area contributed by atoms with Crippen LogP contribution in [0.2, 0.25) is 0 Å². The molecule has 2 nitrogen and oxygen atoms in total. The van der Waals surface area contributed by atoms with E-state index in [0.29, 0.717) is 5.75 Å². The molecule has 1 N–H and O–H groups in total. The summed E-state index contributed by atoms with van der Waals surface area (Å²) in [5.41, 5.74) is -0.236. The number of thioether (sulfide) groups is 1. The van der Waals surface area contributed by atoms with Crippen LogP contribution in [0.4, 0.5) is 8.78 Å². The highest BCUT2D eigenvalue weighted by atomic mass is 32.2. The van der Waals surface area contributed by atoms with Crippen LogP contribution in [0.15, 0.2) is 18.2 Å². The smallest absolute Gasteiger partial charge is 0.175 e. The van der Waals surface area contributed by atoms with E-state index in [1.54, 1.807) is 0 Å². The molecule has 0 aromatic heterocycles. The molecule has 0 bridgehead atoms. The molecule has 0 aliphatic rings. The van der Waals surface area contributed by atoms with Crippen molar-refractivity contribution in [2.24, 2.45) is 0 Å². The van der Waals surface area contributed by atoms with Crippen molar-refractivity contribution in [1.29, 1.82) is 0 Å². The van der Waals surface area contributed by atoms with Crippen molar-refractivity contribution >= 4 is 17.5 Å². The van der Waals surface area contributed by atoms with E-state index in [4.69, 9.17) is 5.11 Å². The van der Waals surface area contributed by atoms with E-state index in [2.05, 4.69) is 0 Å². The fourth-order valence-electron chi connectivity index (χ4n) is 1.02. The van der Waals surface area contributed by atoms with Gasteiger partial charge in [-0.1, -0.05) is 0 Å². The summed E-state index contributed by atoms with van der Waals surface area (Å²) in [7, 11) is 0. The maximum atomic E-state index is 13.1.